The number of aryl methyl sites for hydroxylation is 1. The highest BCUT2D eigenvalue weighted by Crippen LogP contribution is 2.20. The second kappa shape index (κ2) is 4.97. The number of nitrogens with zero attached hydrogens (tertiary/aromatic N) is 2. The molecule has 1 N–H and O–H groups in total. The van der Waals surface area contributed by atoms with Gasteiger partial charge in [0.2, 0.25) is 0 Å². The van der Waals surface area contributed by atoms with Crippen molar-refractivity contribution in [2.75, 3.05) is 12.4 Å². The molecule has 3 aromatic rings. The number of imidazole rings is 1. The number of nitrogens with one attached hydrogen (secondary N) is 1. The molecular weight excluding hydrogens is 274 g/mol. The van der Waals surface area contributed by atoms with Gasteiger partial charge in [-0.05, 0) is 19.1 Å². The number of aromatic nitrogens is 2. The lowest BCUT2D eigenvalue weighted by molar-refractivity contribution is 0.102. The van der Waals surface area contributed by atoms with Crippen LogP contribution >= 0.6 is 11.3 Å². The maximum atomic E-state index is 12.4. The monoisotopic (exact) mass is 287 g/mol. The van der Waals surface area contributed by atoms with Gasteiger partial charge in [0.1, 0.15) is 11.4 Å². The fraction of sp³-hybridized carbons (Fsp3) is 0.143. The van der Waals surface area contributed by atoms with Crippen LogP contribution in [0.1, 0.15) is 16.2 Å². The molecule has 20 heavy (non-hydrogen) atoms. The van der Waals surface area contributed by atoms with E-state index in [4.69, 9.17) is 4.74 Å². The van der Waals surface area contributed by atoms with Crippen LogP contribution in [0.2, 0.25) is 0 Å². The number of carbonyl (C=O) groups excluding carboxylic acids is 1. The summed E-state index contributed by atoms with van der Waals surface area (Å²) >= 11 is 1.50. The molecule has 0 radical (unpaired) electrons. The van der Waals surface area contributed by atoms with Gasteiger partial charge < -0.3 is 10.1 Å². The number of hydrogen-bond acceptors (Lipinski definition) is 4. The highest BCUT2D eigenvalue weighted by molar-refractivity contribution is 7.15. The van der Waals surface area contributed by atoms with Gasteiger partial charge in [0.25, 0.3) is 5.91 Å². The zero-order valence-corrected chi connectivity index (χ0v) is 11.9. The van der Waals surface area contributed by atoms with E-state index in [1.54, 1.807) is 17.6 Å². The number of benzene rings is 1. The zero-order chi connectivity index (χ0) is 14.1. The Balaban J connectivity index is 1.92. The molecule has 2 heterocycles. The van der Waals surface area contributed by atoms with E-state index in [1.807, 2.05) is 36.7 Å². The van der Waals surface area contributed by atoms with E-state index < -0.39 is 0 Å². The first-order valence-corrected chi connectivity index (χ1v) is 6.94. The van der Waals surface area contributed by atoms with Crippen molar-refractivity contribution in [1.82, 2.24) is 9.38 Å². The van der Waals surface area contributed by atoms with E-state index in [0.29, 0.717) is 17.1 Å². The summed E-state index contributed by atoms with van der Waals surface area (Å²) in [7, 11) is 1.59. The fourth-order valence-electron chi connectivity index (χ4n) is 2.06. The topological polar surface area (TPSA) is 55.6 Å². The third-order valence-electron chi connectivity index (χ3n) is 2.98. The predicted octanol–water partition coefficient (Wildman–Crippen LogP) is 2.97. The number of carbonyl (C=O) groups is 1. The molecule has 6 heteroatoms. The number of methoxy groups -OCH3 is 1. The van der Waals surface area contributed by atoms with Gasteiger partial charge in [-0.15, -0.1) is 11.3 Å². The molecule has 0 atom stereocenters. The molecule has 1 amide bonds. The zero-order valence-electron chi connectivity index (χ0n) is 11.1. The first-order chi connectivity index (χ1) is 9.69. The third-order valence-corrected chi connectivity index (χ3v) is 3.74. The first-order valence-electron chi connectivity index (χ1n) is 6.06. The Labute approximate surface area is 119 Å². The molecule has 2 aromatic heterocycles. The molecule has 0 aliphatic rings. The SMILES string of the molecule is COc1cccc(NC(=O)c2c(C)nc3sccn23)c1. The lowest BCUT2D eigenvalue weighted by Crippen LogP contribution is -2.15. The van der Waals surface area contributed by atoms with E-state index in [1.165, 1.54) is 11.3 Å². The van der Waals surface area contributed by atoms with Crippen molar-refractivity contribution in [2.24, 2.45) is 0 Å². The molecule has 102 valence electrons. The van der Waals surface area contributed by atoms with Crippen LogP contribution < -0.4 is 10.1 Å². The minimum atomic E-state index is -0.179. The summed E-state index contributed by atoms with van der Waals surface area (Å²) in [6.45, 7) is 1.83. The van der Waals surface area contributed by atoms with Gasteiger partial charge in [-0.25, -0.2) is 4.98 Å². The third kappa shape index (κ3) is 2.14. The molecule has 0 bridgehead atoms. The van der Waals surface area contributed by atoms with E-state index in [2.05, 4.69) is 10.3 Å². The van der Waals surface area contributed by atoms with Gasteiger partial charge in [0.15, 0.2) is 4.96 Å². The van der Waals surface area contributed by atoms with Crippen LogP contribution in [-0.2, 0) is 0 Å². The summed E-state index contributed by atoms with van der Waals surface area (Å²) < 4.78 is 6.94. The summed E-state index contributed by atoms with van der Waals surface area (Å²) in [6, 6.07) is 7.26. The highest BCUT2D eigenvalue weighted by Gasteiger charge is 2.17. The van der Waals surface area contributed by atoms with Crippen LogP contribution in [0.25, 0.3) is 4.96 Å². The lowest BCUT2D eigenvalue weighted by Gasteiger charge is -2.07. The van der Waals surface area contributed by atoms with Gasteiger partial charge >= 0.3 is 0 Å². The number of anilines is 1. The molecule has 0 saturated carbocycles. The van der Waals surface area contributed by atoms with Crippen LogP contribution in [0.3, 0.4) is 0 Å². The number of ether oxygens (including phenoxy) is 1. The second-order valence-corrected chi connectivity index (χ2v) is 5.16. The summed E-state index contributed by atoms with van der Waals surface area (Å²) in [5, 5.41) is 4.77. The van der Waals surface area contributed by atoms with Gasteiger partial charge in [-0.2, -0.15) is 0 Å². The van der Waals surface area contributed by atoms with Crippen molar-refractivity contribution in [1.29, 1.82) is 0 Å². The number of thiazole rings is 1. The molecule has 0 fully saturated rings. The van der Waals surface area contributed by atoms with Gasteiger partial charge in [-0.3, -0.25) is 9.20 Å². The molecule has 0 spiro atoms. The molecule has 0 aliphatic heterocycles. The van der Waals surface area contributed by atoms with Crippen molar-refractivity contribution >= 4 is 27.9 Å². The van der Waals surface area contributed by atoms with E-state index in [9.17, 15) is 4.79 Å². The smallest absolute Gasteiger partial charge is 0.274 e. The Bertz CT molecular complexity index is 776. The first kappa shape index (κ1) is 12.7. The second-order valence-electron chi connectivity index (χ2n) is 4.29. The maximum absolute atomic E-state index is 12.4. The van der Waals surface area contributed by atoms with Gasteiger partial charge in [-0.1, -0.05) is 6.07 Å². The Morgan fingerprint density at radius 2 is 2.30 bits per heavy atom. The quantitative estimate of drug-likeness (QED) is 0.805. The van der Waals surface area contributed by atoms with E-state index in [-0.39, 0.29) is 5.91 Å². The van der Waals surface area contributed by atoms with Crippen molar-refractivity contribution in [3.63, 3.8) is 0 Å². The molecule has 0 saturated heterocycles. The van der Waals surface area contributed by atoms with Crippen molar-refractivity contribution in [3.05, 3.63) is 47.2 Å². The minimum Gasteiger partial charge on any atom is -0.497 e. The Morgan fingerprint density at radius 1 is 1.45 bits per heavy atom. The molecule has 0 aliphatic carbocycles. The summed E-state index contributed by atoms with van der Waals surface area (Å²) in [5.41, 5.74) is 1.97. The summed E-state index contributed by atoms with van der Waals surface area (Å²) in [4.78, 5) is 17.6. The van der Waals surface area contributed by atoms with Crippen LogP contribution in [-0.4, -0.2) is 22.4 Å². The molecule has 1 aromatic carbocycles. The average Bonchev–Trinajstić information content (AvgIpc) is 2.98. The van der Waals surface area contributed by atoms with Crippen molar-refractivity contribution in [2.45, 2.75) is 6.92 Å². The Morgan fingerprint density at radius 3 is 3.10 bits per heavy atom. The molecular formula is C14H13N3O2S. The van der Waals surface area contributed by atoms with Crippen LogP contribution in [0, 0.1) is 6.92 Å². The van der Waals surface area contributed by atoms with Crippen LogP contribution in [0.15, 0.2) is 35.8 Å². The number of amides is 1. The standard InChI is InChI=1S/C14H13N3O2S/c1-9-12(17-6-7-20-14(17)15-9)13(18)16-10-4-3-5-11(8-10)19-2/h3-8H,1-2H3,(H,16,18). The number of rotatable bonds is 3. The van der Waals surface area contributed by atoms with E-state index in [0.717, 1.165) is 10.7 Å². The number of fused-ring (bicyclic) bond motifs is 1. The van der Waals surface area contributed by atoms with Crippen LogP contribution in [0.4, 0.5) is 5.69 Å². The van der Waals surface area contributed by atoms with Crippen molar-refractivity contribution < 1.29 is 9.53 Å². The maximum Gasteiger partial charge on any atom is 0.274 e. The number of hydrogen-bond donors (Lipinski definition) is 1. The Hall–Kier alpha value is -2.34. The Kier molecular flexibility index (Phi) is 3.15. The molecule has 5 nitrogen and oxygen atoms in total. The fourth-order valence-corrected chi connectivity index (χ4v) is 2.82. The largest absolute Gasteiger partial charge is 0.497 e. The predicted molar refractivity (Wildman–Crippen MR) is 78.8 cm³/mol. The summed E-state index contributed by atoms with van der Waals surface area (Å²) in [5.74, 6) is 0.523. The normalized spacial score (nSPS) is 10.7. The summed E-state index contributed by atoms with van der Waals surface area (Å²) in [6.07, 6.45) is 1.85. The van der Waals surface area contributed by atoms with E-state index >= 15 is 0 Å². The lowest BCUT2D eigenvalue weighted by atomic mass is 10.2. The molecule has 3 rings (SSSR count). The van der Waals surface area contributed by atoms with Gasteiger partial charge in [0.05, 0.1) is 12.8 Å². The van der Waals surface area contributed by atoms with Gasteiger partial charge in [0, 0.05) is 23.3 Å². The average molecular weight is 287 g/mol. The van der Waals surface area contributed by atoms with Crippen LogP contribution in [0.5, 0.6) is 5.75 Å². The minimum absolute atomic E-state index is 0.179. The van der Waals surface area contributed by atoms with Crippen molar-refractivity contribution in [3.8, 4) is 5.75 Å². The molecule has 0 unspecified atom stereocenters. The highest BCUT2D eigenvalue weighted by atomic mass is 32.1.